The molecule has 45 heavy (non-hydrogen) atoms. The molecule has 3 aromatic rings. The molecule has 1 saturated heterocycles. The second-order valence-corrected chi connectivity index (χ2v) is 11.6. The molecule has 2 heterocycles. The number of rotatable bonds is 9. The minimum absolute atomic E-state index is 0.0279. The number of nitrogens with one attached hydrogen (secondary N) is 1. The largest absolute Gasteiger partial charge is 0.464 e. The Bertz CT molecular complexity index is 1540. The molecule has 0 radical (unpaired) electrons. The first kappa shape index (κ1) is 33.8. The second kappa shape index (κ2) is 12.7. The standard InChI is InChI=1S/C32H33F6N3O4/c1-18-7-5-6-8-25(18)26-13-29(41-16-24(43)12-23(41)17-45-19(2)42)40-14-27(26)39-15-28(44)30(3,4)20-9-21(31(33,34)35)11-22(10-20)32(36,37)38/h5-11,13-14,23-24,39,43H,12,15-17H2,1-4H3/t23-,24+/m0/s1. The van der Waals surface area contributed by atoms with E-state index in [9.17, 15) is 41.0 Å². The smallest absolute Gasteiger partial charge is 0.416 e. The number of pyridine rings is 1. The van der Waals surface area contributed by atoms with Gasteiger partial charge in [-0.15, -0.1) is 0 Å². The number of ether oxygens (including phenoxy) is 1. The van der Waals surface area contributed by atoms with Gasteiger partial charge in [0.25, 0.3) is 0 Å². The maximum Gasteiger partial charge on any atom is 0.416 e. The Morgan fingerprint density at radius 2 is 1.58 bits per heavy atom. The summed E-state index contributed by atoms with van der Waals surface area (Å²) in [6.07, 6.45) is -8.96. The van der Waals surface area contributed by atoms with Crippen LogP contribution in [0.4, 0.5) is 37.8 Å². The van der Waals surface area contributed by atoms with Crippen LogP contribution in [0.15, 0.2) is 54.7 Å². The Morgan fingerprint density at radius 1 is 0.978 bits per heavy atom. The van der Waals surface area contributed by atoms with Crippen LogP contribution in [0.2, 0.25) is 0 Å². The Morgan fingerprint density at radius 3 is 2.16 bits per heavy atom. The topological polar surface area (TPSA) is 91.8 Å². The van der Waals surface area contributed by atoms with E-state index in [0.717, 1.165) is 11.1 Å². The molecule has 242 valence electrons. The van der Waals surface area contributed by atoms with Gasteiger partial charge in [-0.05, 0) is 68.1 Å². The van der Waals surface area contributed by atoms with E-state index in [0.29, 0.717) is 35.6 Å². The van der Waals surface area contributed by atoms with Gasteiger partial charge in [-0.25, -0.2) is 4.98 Å². The van der Waals surface area contributed by atoms with Crippen molar-refractivity contribution in [2.24, 2.45) is 0 Å². The van der Waals surface area contributed by atoms with E-state index in [2.05, 4.69) is 10.3 Å². The molecular formula is C32H33F6N3O4. The van der Waals surface area contributed by atoms with Crippen molar-refractivity contribution < 1.29 is 45.8 Å². The number of β-amino-alcohol motifs (C(OH)–C–C–N with tert-alkyl or cyclic N) is 1. The van der Waals surface area contributed by atoms with E-state index in [4.69, 9.17) is 4.74 Å². The number of halogens is 6. The number of aromatic nitrogens is 1. The number of aliphatic hydroxyl groups is 1. The number of nitrogens with zero attached hydrogens (tertiary/aromatic N) is 2. The third-order valence-corrected chi connectivity index (χ3v) is 7.94. The Balaban J connectivity index is 1.67. The van der Waals surface area contributed by atoms with Crippen molar-refractivity contribution in [3.8, 4) is 11.1 Å². The molecule has 0 unspecified atom stereocenters. The Kier molecular flexibility index (Phi) is 9.53. The summed E-state index contributed by atoms with van der Waals surface area (Å²) in [5, 5.41) is 13.3. The van der Waals surface area contributed by atoms with E-state index in [-0.39, 0.29) is 25.3 Å². The minimum atomic E-state index is -5.05. The van der Waals surface area contributed by atoms with Gasteiger partial charge in [0.1, 0.15) is 12.4 Å². The lowest BCUT2D eigenvalue weighted by Crippen LogP contribution is -2.35. The highest BCUT2D eigenvalue weighted by molar-refractivity contribution is 5.94. The number of carbonyl (C=O) groups excluding carboxylic acids is 2. The average Bonchev–Trinajstić information content (AvgIpc) is 3.34. The molecule has 2 aromatic carbocycles. The van der Waals surface area contributed by atoms with Gasteiger partial charge in [-0.1, -0.05) is 24.3 Å². The molecule has 13 heteroatoms. The summed E-state index contributed by atoms with van der Waals surface area (Å²) in [5.74, 6) is -0.640. The van der Waals surface area contributed by atoms with E-state index < -0.39 is 58.9 Å². The summed E-state index contributed by atoms with van der Waals surface area (Å²) in [4.78, 5) is 31.2. The van der Waals surface area contributed by atoms with Crippen molar-refractivity contribution in [1.82, 2.24) is 4.98 Å². The number of anilines is 2. The van der Waals surface area contributed by atoms with Gasteiger partial charge in [0.15, 0.2) is 5.78 Å². The number of hydrogen-bond acceptors (Lipinski definition) is 7. The first-order valence-electron chi connectivity index (χ1n) is 14.1. The Hall–Kier alpha value is -4.13. The lowest BCUT2D eigenvalue weighted by Gasteiger charge is -2.27. The number of aryl methyl sites for hydroxylation is 1. The van der Waals surface area contributed by atoms with E-state index in [1.807, 2.05) is 36.1 Å². The molecule has 1 aromatic heterocycles. The Labute approximate surface area is 256 Å². The van der Waals surface area contributed by atoms with E-state index in [1.54, 1.807) is 6.07 Å². The molecule has 1 fully saturated rings. The van der Waals surface area contributed by atoms with Gasteiger partial charge in [-0.2, -0.15) is 26.3 Å². The molecule has 0 aliphatic carbocycles. The molecule has 4 rings (SSSR count). The monoisotopic (exact) mass is 637 g/mol. The highest BCUT2D eigenvalue weighted by atomic mass is 19.4. The normalized spacial score (nSPS) is 17.4. The minimum Gasteiger partial charge on any atom is -0.464 e. The predicted molar refractivity (Wildman–Crippen MR) is 156 cm³/mol. The van der Waals surface area contributed by atoms with Crippen LogP contribution in [-0.2, 0) is 32.1 Å². The third-order valence-electron chi connectivity index (χ3n) is 7.94. The van der Waals surface area contributed by atoms with Gasteiger partial charge in [0.05, 0.1) is 47.1 Å². The maximum absolute atomic E-state index is 13.5. The summed E-state index contributed by atoms with van der Waals surface area (Å²) in [5.41, 5.74) is -2.47. The summed E-state index contributed by atoms with van der Waals surface area (Å²) in [6, 6.07) is 9.96. The molecule has 1 aliphatic rings. The summed E-state index contributed by atoms with van der Waals surface area (Å²) < 4.78 is 86.1. The van der Waals surface area contributed by atoms with Gasteiger partial charge in [-0.3, -0.25) is 9.59 Å². The van der Waals surface area contributed by atoms with E-state index >= 15 is 0 Å². The molecule has 7 nitrogen and oxygen atoms in total. The number of carbonyl (C=O) groups is 2. The average molecular weight is 638 g/mol. The molecule has 0 saturated carbocycles. The second-order valence-electron chi connectivity index (χ2n) is 11.6. The number of alkyl halides is 6. The van der Waals surface area contributed by atoms with Crippen LogP contribution in [-0.4, -0.2) is 53.7 Å². The quantitative estimate of drug-likeness (QED) is 0.203. The van der Waals surface area contributed by atoms with Crippen molar-refractivity contribution in [3.63, 3.8) is 0 Å². The van der Waals surface area contributed by atoms with Crippen LogP contribution in [0.3, 0.4) is 0 Å². The fourth-order valence-electron chi connectivity index (χ4n) is 5.26. The van der Waals surface area contributed by atoms with Gasteiger partial charge >= 0.3 is 18.3 Å². The van der Waals surface area contributed by atoms with Crippen LogP contribution >= 0.6 is 0 Å². The zero-order chi connectivity index (χ0) is 33.3. The molecule has 2 N–H and O–H groups in total. The zero-order valence-electron chi connectivity index (χ0n) is 25.0. The number of ketones is 1. The van der Waals surface area contributed by atoms with Gasteiger partial charge in [0.2, 0.25) is 0 Å². The van der Waals surface area contributed by atoms with Crippen LogP contribution in [0.1, 0.15) is 49.4 Å². The van der Waals surface area contributed by atoms with Crippen molar-refractivity contribution in [2.45, 2.75) is 64.0 Å². The van der Waals surface area contributed by atoms with Crippen molar-refractivity contribution in [3.05, 3.63) is 77.0 Å². The summed E-state index contributed by atoms with van der Waals surface area (Å²) in [7, 11) is 0. The molecule has 0 bridgehead atoms. The lowest BCUT2D eigenvalue weighted by atomic mass is 9.79. The van der Waals surface area contributed by atoms with Crippen LogP contribution in [0.5, 0.6) is 0 Å². The molecular weight excluding hydrogens is 604 g/mol. The number of esters is 1. The number of Topliss-reactive ketones (excluding diaryl/α,β-unsaturated/α-hetero) is 1. The fraction of sp³-hybridized carbons (Fsp3) is 0.406. The first-order valence-corrected chi connectivity index (χ1v) is 14.1. The fourth-order valence-corrected chi connectivity index (χ4v) is 5.26. The number of benzene rings is 2. The van der Waals surface area contributed by atoms with Gasteiger partial charge < -0.3 is 20.1 Å². The third kappa shape index (κ3) is 7.75. The highest BCUT2D eigenvalue weighted by Crippen LogP contribution is 2.40. The van der Waals surface area contributed by atoms with E-state index in [1.165, 1.54) is 27.0 Å². The van der Waals surface area contributed by atoms with Crippen LogP contribution in [0, 0.1) is 6.92 Å². The molecule has 0 amide bonds. The maximum atomic E-state index is 13.5. The van der Waals surface area contributed by atoms with Crippen molar-refractivity contribution >= 4 is 23.3 Å². The SMILES string of the molecule is CC(=O)OC[C@@H]1C[C@@H](O)CN1c1cc(-c2ccccc2C)c(NCC(=O)C(C)(C)c2cc(C(F)(F)F)cc(C(F)(F)F)c2)cn1. The van der Waals surface area contributed by atoms with Crippen molar-refractivity contribution in [1.29, 1.82) is 0 Å². The zero-order valence-corrected chi connectivity index (χ0v) is 25.0. The summed E-state index contributed by atoms with van der Waals surface area (Å²) >= 11 is 0. The number of aliphatic hydroxyl groups excluding tert-OH is 1. The predicted octanol–water partition coefficient (Wildman–Crippen LogP) is 6.56. The van der Waals surface area contributed by atoms with Gasteiger partial charge in [0, 0.05) is 19.0 Å². The van der Waals surface area contributed by atoms with Crippen LogP contribution in [0.25, 0.3) is 11.1 Å². The summed E-state index contributed by atoms with van der Waals surface area (Å²) in [6.45, 7) is 5.57. The van der Waals surface area contributed by atoms with Crippen LogP contribution < -0.4 is 10.2 Å². The molecule has 1 aliphatic heterocycles. The molecule has 2 atom stereocenters. The first-order chi connectivity index (χ1) is 20.9. The van der Waals surface area contributed by atoms with Crippen molar-refractivity contribution in [2.75, 3.05) is 29.9 Å². The number of hydrogen-bond donors (Lipinski definition) is 2. The lowest BCUT2D eigenvalue weighted by molar-refractivity contribution is -0.144. The highest BCUT2D eigenvalue weighted by Gasteiger charge is 2.40. The molecule has 0 spiro atoms.